The molecule has 5 heteroatoms. The van der Waals surface area contributed by atoms with Crippen molar-refractivity contribution in [1.29, 1.82) is 0 Å². The van der Waals surface area contributed by atoms with Crippen molar-refractivity contribution in [3.63, 3.8) is 0 Å². The van der Waals surface area contributed by atoms with Crippen molar-refractivity contribution in [3.05, 3.63) is 47.7 Å². The second-order valence-electron chi connectivity index (χ2n) is 5.30. The van der Waals surface area contributed by atoms with Gasteiger partial charge in [-0.15, -0.1) is 0 Å². The number of ether oxygens (including phenoxy) is 1. The highest BCUT2D eigenvalue weighted by molar-refractivity contribution is 5.57. The van der Waals surface area contributed by atoms with Crippen molar-refractivity contribution in [2.75, 3.05) is 18.5 Å². The summed E-state index contributed by atoms with van der Waals surface area (Å²) in [5, 5.41) is 3.04. The monoisotopic (exact) mass is 287 g/mol. The highest BCUT2D eigenvalue weighted by Gasteiger charge is 2.23. The molecule has 0 spiro atoms. The minimum absolute atomic E-state index is 0.111. The van der Waals surface area contributed by atoms with Gasteiger partial charge in [0.15, 0.2) is 11.6 Å². The van der Waals surface area contributed by atoms with E-state index in [2.05, 4.69) is 15.3 Å². The maximum atomic E-state index is 14.6. The number of hydrogen-bond acceptors (Lipinski definition) is 4. The summed E-state index contributed by atoms with van der Waals surface area (Å²) in [5.41, 5.74) is 2.42. The van der Waals surface area contributed by atoms with Gasteiger partial charge in [-0.05, 0) is 37.5 Å². The van der Waals surface area contributed by atoms with Crippen LogP contribution < -0.4 is 5.32 Å². The minimum Gasteiger partial charge on any atom is -0.381 e. The fraction of sp³-hybridized carbons (Fsp3) is 0.375. The van der Waals surface area contributed by atoms with E-state index in [0.717, 1.165) is 24.1 Å². The Morgan fingerprint density at radius 2 is 2.05 bits per heavy atom. The highest BCUT2D eigenvalue weighted by Crippen LogP contribution is 2.30. The van der Waals surface area contributed by atoms with E-state index >= 15 is 0 Å². The number of hydrogen-bond donors (Lipinski definition) is 1. The Morgan fingerprint density at radius 3 is 2.81 bits per heavy atom. The van der Waals surface area contributed by atoms with Gasteiger partial charge in [0.1, 0.15) is 6.33 Å². The smallest absolute Gasteiger partial charge is 0.187 e. The number of benzene rings is 1. The van der Waals surface area contributed by atoms with Crippen LogP contribution in [0.25, 0.3) is 0 Å². The van der Waals surface area contributed by atoms with Crippen molar-refractivity contribution in [3.8, 4) is 0 Å². The Hall–Kier alpha value is -2.01. The molecular formula is C16H18FN3O. The second kappa shape index (κ2) is 6.18. The first-order valence-corrected chi connectivity index (χ1v) is 7.16. The van der Waals surface area contributed by atoms with Crippen molar-refractivity contribution >= 4 is 11.5 Å². The zero-order chi connectivity index (χ0) is 14.7. The van der Waals surface area contributed by atoms with Gasteiger partial charge in [0, 0.05) is 24.8 Å². The number of nitrogens with zero attached hydrogens (tertiary/aromatic N) is 2. The molecule has 0 saturated carbocycles. The van der Waals surface area contributed by atoms with E-state index in [1.165, 1.54) is 6.33 Å². The van der Waals surface area contributed by atoms with Gasteiger partial charge in [0.05, 0.1) is 5.69 Å². The molecule has 0 unspecified atom stereocenters. The number of nitrogens with one attached hydrogen (secondary N) is 1. The molecule has 0 aliphatic carbocycles. The normalized spacial score (nSPS) is 15.9. The SMILES string of the molecule is Cc1cccc(Nc2ncnc(C3CCOCC3)c2F)c1. The summed E-state index contributed by atoms with van der Waals surface area (Å²) >= 11 is 0. The van der Waals surface area contributed by atoms with Gasteiger partial charge in [-0.25, -0.2) is 14.4 Å². The van der Waals surface area contributed by atoms with E-state index in [1.54, 1.807) is 0 Å². The molecule has 1 fully saturated rings. The molecule has 1 N–H and O–H groups in total. The van der Waals surface area contributed by atoms with E-state index in [-0.39, 0.29) is 17.6 Å². The van der Waals surface area contributed by atoms with Crippen molar-refractivity contribution < 1.29 is 9.13 Å². The maximum absolute atomic E-state index is 14.6. The average Bonchev–Trinajstić information content (AvgIpc) is 2.50. The second-order valence-corrected chi connectivity index (χ2v) is 5.30. The zero-order valence-corrected chi connectivity index (χ0v) is 12.0. The van der Waals surface area contributed by atoms with Gasteiger partial charge >= 0.3 is 0 Å². The number of aromatic nitrogens is 2. The Kier molecular flexibility index (Phi) is 4.10. The number of anilines is 2. The first-order valence-electron chi connectivity index (χ1n) is 7.16. The van der Waals surface area contributed by atoms with E-state index < -0.39 is 0 Å². The molecule has 0 bridgehead atoms. The molecule has 2 aromatic rings. The molecule has 1 saturated heterocycles. The summed E-state index contributed by atoms with van der Waals surface area (Å²) in [7, 11) is 0. The van der Waals surface area contributed by atoms with Crippen molar-refractivity contribution in [2.24, 2.45) is 0 Å². The Labute approximate surface area is 123 Å². The average molecular weight is 287 g/mol. The van der Waals surface area contributed by atoms with Crippen LogP contribution in [0.4, 0.5) is 15.9 Å². The summed E-state index contributed by atoms with van der Waals surface area (Å²) in [6, 6.07) is 7.77. The fourth-order valence-electron chi connectivity index (χ4n) is 2.59. The molecule has 1 aromatic carbocycles. The van der Waals surface area contributed by atoms with Crippen LogP contribution in [-0.4, -0.2) is 23.2 Å². The first-order chi connectivity index (χ1) is 10.2. The van der Waals surface area contributed by atoms with Gasteiger partial charge in [-0.1, -0.05) is 12.1 Å². The fourth-order valence-corrected chi connectivity index (χ4v) is 2.59. The van der Waals surface area contributed by atoms with Crippen LogP contribution >= 0.6 is 0 Å². The lowest BCUT2D eigenvalue weighted by atomic mass is 9.96. The van der Waals surface area contributed by atoms with Crippen LogP contribution in [0.5, 0.6) is 0 Å². The summed E-state index contributed by atoms with van der Waals surface area (Å²) < 4.78 is 19.9. The minimum atomic E-state index is -0.356. The summed E-state index contributed by atoms with van der Waals surface area (Å²) in [6.07, 6.45) is 3.03. The van der Waals surface area contributed by atoms with E-state index in [1.807, 2.05) is 31.2 Å². The molecule has 21 heavy (non-hydrogen) atoms. The molecule has 0 amide bonds. The summed E-state index contributed by atoms with van der Waals surface area (Å²) in [4.78, 5) is 8.17. The lowest BCUT2D eigenvalue weighted by Gasteiger charge is -2.22. The van der Waals surface area contributed by atoms with Crippen molar-refractivity contribution in [1.82, 2.24) is 9.97 Å². The predicted molar refractivity (Wildman–Crippen MR) is 79.2 cm³/mol. The molecule has 110 valence electrons. The van der Waals surface area contributed by atoms with E-state index in [0.29, 0.717) is 18.9 Å². The third-order valence-corrected chi connectivity index (χ3v) is 3.71. The molecule has 1 aliphatic rings. The third-order valence-electron chi connectivity index (χ3n) is 3.71. The van der Waals surface area contributed by atoms with Crippen LogP contribution in [0.3, 0.4) is 0 Å². The predicted octanol–water partition coefficient (Wildman–Crippen LogP) is 3.56. The van der Waals surface area contributed by atoms with Crippen LogP contribution in [0.1, 0.15) is 30.0 Å². The van der Waals surface area contributed by atoms with Crippen LogP contribution in [0, 0.1) is 12.7 Å². The van der Waals surface area contributed by atoms with Crippen LogP contribution in [-0.2, 0) is 4.74 Å². The number of rotatable bonds is 3. The quantitative estimate of drug-likeness (QED) is 0.937. The third kappa shape index (κ3) is 3.19. The van der Waals surface area contributed by atoms with Gasteiger partial charge in [0.25, 0.3) is 0 Å². The van der Waals surface area contributed by atoms with Crippen LogP contribution in [0.15, 0.2) is 30.6 Å². The topological polar surface area (TPSA) is 47.0 Å². The van der Waals surface area contributed by atoms with Gasteiger partial charge in [-0.2, -0.15) is 0 Å². The van der Waals surface area contributed by atoms with Gasteiger partial charge < -0.3 is 10.1 Å². The molecule has 3 rings (SSSR count). The van der Waals surface area contributed by atoms with Gasteiger partial charge in [0.2, 0.25) is 0 Å². The standard InChI is InChI=1S/C16H18FN3O/c1-11-3-2-4-13(9-11)20-16-14(17)15(18-10-19-16)12-5-7-21-8-6-12/h2-4,9-10,12H,5-8H2,1H3,(H,18,19,20). The molecule has 2 heterocycles. The molecule has 0 atom stereocenters. The molecular weight excluding hydrogens is 269 g/mol. The Balaban J connectivity index is 1.86. The van der Waals surface area contributed by atoms with Crippen molar-refractivity contribution in [2.45, 2.75) is 25.7 Å². The van der Waals surface area contributed by atoms with E-state index in [4.69, 9.17) is 4.74 Å². The zero-order valence-electron chi connectivity index (χ0n) is 12.0. The summed E-state index contributed by atoms with van der Waals surface area (Å²) in [6.45, 7) is 3.32. The summed E-state index contributed by atoms with van der Waals surface area (Å²) in [5.74, 6) is -0.0113. The first kappa shape index (κ1) is 13.9. The lowest BCUT2D eigenvalue weighted by Crippen LogP contribution is -2.17. The highest BCUT2D eigenvalue weighted by atomic mass is 19.1. The maximum Gasteiger partial charge on any atom is 0.187 e. The largest absolute Gasteiger partial charge is 0.381 e. The molecule has 1 aliphatic heterocycles. The molecule has 4 nitrogen and oxygen atoms in total. The number of aryl methyl sites for hydroxylation is 1. The Bertz CT molecular complexity index is 627. The van der Waals surface area contributed by atoms with E-state index in [9.17, 15) is 4.39 Å². The molecule has 0 radical (unpaired) electrons. The number of halogens is 1. The Morgan fingerprint density at radius 1 is 1.24 bits per heavy atom. The molecule has 1 aromatic heterocycles. The lowest BCUT2D eigenvalue weighted by molar-refractivity contribution is 0.0837. The van der Waals surface area contributed by atoms with Gasteiger partial charge in [-0.3, -0.25) is 0 Å². The van der Waals surface area contributed by atoms with Crippen LogP contribution in [0.2, 0.25) is 0 Å².